The molecule has 0 saturated carbocycles. The van der Waals surface area contributed by atoms with Crippen LogP contribution in [0.4, 0.5) is 0 Å². The summed E-state index contributed by atoms with van der Waals surface area (Å²) in [5, 5.41) is 4.29. The van der Waals surface area contributed by atoms with Gasteiger partial charge in [0.15, 0.2) is 0 Å². The van der Waals surface area contributed by atoms with Gasteiger partial charge in [0, 0.05) is 32.3 Å². The summed E-state index contributed by atoms with van der Waals surface area (Å²) in [4.78, 5) is 2.37. The van der Waals surface area contributed by atoms with Crippen LogP contribution < -0.4 is 5.73 Å². The van der Waals surface area contributed by atoms with Crippen molar-refractivity contribution >= 4 is 11.3 Å². The van der Waals surface area contributed by atoms with Gasteiger partial charge >= 0.3 is 0 Å². The van der Waals surface area contributed by atoms with Crippen LogP contribution >= 0.6 is 11.3 Å². The molecule has 1 heterocycles. The number of thiophene rings is 1. The molecule has 0 aliphatic heterocycles. The van der Waals surface area contributed by atoms with E-state index >= 15 is 0 Å². The zero-order chi connectivity index (χ0) is 14.8. The summed E-state index contributed by atoms with van der Waals surface area (Å²) in [7, 11) is 0. The molecule has 20 heavy (non-hydrogen) atoms. The van der Waals surface area contributed by atoms with Gasteiger partial charge in [0.05, 0.1) is 19.3 Å². The Balaban J connectivity index is 2.69. The highest BCUT2D eigenvalue weighted by atomic mass is 32.1. The van der Waals surface area contributed by atoms with E-state index in [4.69, 9.17) is 15.2 Å². The van der Waals surface area contributed by atoms with Crippen LogP contribution in [0, 0.1) is 0 Å². The summed E-state index contributed by atoms with van der Waals surface area (Å²) in [6, 6.07) is 2.46. The second-order valence-electron chi connectivity index (χ2n) is 4.79. The van der Waals surface area contributed by atoms with Crippen molar-refractivity contribution < 1.29 is 9.47 Å². The van der Waals surface area contributed by atoms with Crippen LogP contribution in [0.1, 0.15) is 32.4 Å². The maximum atomic E-state index is 6.22. The first-order valence-electron chi connectivity index (χ1n) is 7.37. The Morgan fingerprint density at radius 1 is 1.20 bits per heavy atom. The van der Waals surface area contributed by atoms with Gasteiger partial charge in [-0.2, -0.15) is 11.3 Å². The molecule has 2 atom stereocenters. The molecular formula is C15H28N2O2S. The lowest BCUT2D eigenvalue weighted by molar-refractivity contribution is 0.0574. The summed E-state index contributed by atoms with van der Waals surface area (Å²) in [6.07, 6.45) is 0. The van der Waals surface area contributed by atoms with E-state index in [-0.39, 0.29) is 12.1 Å². The van der Waals surface area contributed by atoms with Crippen molar-refractivity contribution in [3.8, 4) is 0 Å². The van der Waals surface area contributed by atoms with Gasteiger partial charge in [-0.3, -0.25) is 4.90 Å². The third kappa shape index (κ3) is 5.89. The number of rotatable bonds is 11. The zero-order valence-electron chi connectivity index (χ0n) is 12.9. The van der Waals surface area contributed by atoms with E-state index in [1.165, 1.54) is 5.56 Å². The number of nitrogens with two attached hydrogens (primary N) is 1. The van der Waals surface area contributed by atoms with Crippen LogP contribution in [0.2, 0.25) is 0 Å². The molecule has 1 aromatic rings. The molecule has 4 nitrogen and oxygen atoms in total. The lowest BCUT2D eigenvalue weighted by Crippen LogP contribution is -2.42. The van der Waals surface area contributed by atoms with Crippen LogP contribution in [0.5, 0.6) is 0 Å². The van der Waals surface area contributed by atoms with Crippen molar-refractivity contribution in [2.45, 2.75) is 32.9 Å². The van der Waals surface area contributed by atoms with E-state index < -0.39 is 0 Å². The first-order chi connectivity index (χ1) is 9.70. The van der Waals surface area contributed by atoms with E-state index in [2.05, 4.69) is 28.7 Å². The Morgan fingerprint density at radius 2 is 1.80 bits per heavy atom. The Bertz CT molecular complexity index is 321. The SMILES string of the molecule is CCOCCN(CCOCC)C(c1ccsc1)C(C)N. The molecule has 116 valence electrons. The van der Waals surface area contributed by atoms with Crippen LogP contribution in [-0.4, -0.2) is 50.5 Å². The number of ether oxygens (including phenoxy) is 2. The van der Waals surface area contributed by atoms with Gasteiger partial charge in [0.2, 0.25) is 0 Å². The fourth-order valence-corrected chi connectivity index (χ4v) is 3.02. The van der Waals surface area contributed by atoms with Crippen molar-refractivity contribution in [1.82, 2.24) is 4.90 Å². The first-order valence-corrected chi connectivity index (χ1v) is 8.32. The van der Waals surface area contributed by atoms with E-state index in [1.54, 1.807) is 11.3 Å². The molecule has 0 aliphatic rings. The Hall–Kier alpha value is -0.460. The van der Waals surface area contributed by atoms with Gasteiger partial charge in [0.25, 0.3) is 0 Å². The van der Waals surface area contributed by atoms with Crippen molar-refractivity contribution in [3.05, 3.63) is 22.4 Å². The average Bonchev–Trinajstić information content (AvgIpc) is 2.92. The maximum absolute atomic E-state index is 6.22. The number of hydrogen-bond acceptors (Lipinski definition) is 5. The molecule has 0 amide bonds. The lowest BCUT2D eigenvalue weighted by Gasteiger charge is -2.34. The summed E-state index contributed by atoms with van der Waals surface area (Å²) in [5.41, 5.74) is 7.51. The normalized spacial score (nSPS) is 14.7. The van der Waals surface area contributed by atoms with Crippen LogP contribution in [-0.2, 0) is 9.47 Å². The van der Waals surface area contributed by atoms with Gasteiger partial charge < -0.3 is 15.2 Å². The van der Waals surface area contributed by atoms with E-state index in [9.17, 15) is 0 Å². The fraction of sp³-hybridized carbons (Fsp3) is 0.733. The summed E-state index contributed by atoms with van der Waals surface area (Å²) in [5.74, 6) is 0. The minimum Gasteiger partial charge on any atom is -0.380 e. The molecule has 5 heteroatoms. The molecule has 2 N–H and O–H groups in total. The third-order valence-corrected chi connectivity index (χ3v) is 3.93. The Kier molecular flexibility index (Phi) is 9.05. The molecule has 0 aliphatic carbocycles. The monoisotopic (exact) mass is 300 g/mol. The predicted octanol–water partition coefficient (Wildman–Crippen LogP) is 2.51. The topological polar surface area (TPSA) is 47.7 Å². The molecule has 0 saturated heterocycles. The lowest BCUT2D eigenvalue weighted by atomic mass is 10.0. The van der Waals surface area contributed by atoms with Crippen LogP contribution in [0.25, 0.3) is 0 Å². The summed E-state index contributed by atoms with van der Waals surface area (Å²) < 4.78 is 11.0. The molecule has 1 aromatic heterocycles. The molecule has 0 bridgehead atoms. The Labute approximate surface area is 126 Å². The van der Waals surface area contributed by atoms with Gasteiger partial charge in [-0.05, 0) is 43.2 Å². The fourth-order valence-electron chi connectivity index (χ4n) is 2.33. The second-order valence-corrected chi connectivity index (χ2v) is 5.57. The average molecular weight is 300 g/mol. The van der Waals surface area contributed by atoms with Crippen molar-refractivity contribution in [2.75, 3.05) is 39.5 Å². The van der Waals surface area contributed by atoms with Crippen molar-refractivity contribution in [1.29, 1.82) is 0 Å². The Morgan fingerprint density at radius 3 is 2.20 bits per heavy atom. The molecule has 0 radical (unpaired) electrons. The van der Waals surface area contributed by atoms with Crippen LogP contribution in [0.15, 0.2) is 16.8 Å². The van der Waals surface area contributed by atoms with Crippen molar-refractivity contribution in [3.63, 3.8) is 0 Å². The maximum Gasteiger partial charge on any atom is 0.0593 e. The summed E-state index contributed by atoms with van der Waals surface area (Å²) in [6.45, 7) is 10.8. The minimum atomic E-state index is 0.0767. The highest BCUT2D eigenvalue weighted by molar-refractivity contribution is 7.07. The van der Waals surface area contributed by atoms with E-state index in [0.717, 1.165) is 39.5 Å². The van der Waals surface area contributed by atoms with Gasteiger partial charge in [-0.25, -0.2) is 0 Å². The molecule has 1 rings (SSSR count). The largest absolute Gasteiger partial charge is 0.380 e. The predicted molar refractivity (Wildman–Crippen MR) is 85.3 cm³/mol. The van der Waals surface area contributed by atoms with Crippen molar-refractivity contribution in [2.24, 2.45) is 5.73 Å². The highest BCUT2D eigenvalue weighted by Crippen LogP contribution is 2.25. The molecule has 0 aromatic carbocycles. The molecule has 0 fully saturated rings. The zero-order valence-corrected chi connectivity index (χ0v) is 13.7. The number of nitrogens with zero attached hydrogens (tertiary/aromatic N) is 1. The van der Waals surface area contributed by atoms with Crippen LogP contribution in [0.3, 0.4) is 0 Å². The first kappa shape index (κ1) is 17.6. The molecule has 0 spiro atoms. The van der Waals surface area contributed by atoms with Gasteiger partial charge in [-0.15, -0.1) is 0 Å². The third-order valence-electron chi connectivity index (χ3n) is 3.23. The summed E-state index contributed by atoms with van der Waals surface area (Å²) >= 11 is 1.71. The standard InChI is InChI=1S/C15H28N2O2S/c1-4-18-9-7-17(8-10-19-5-2)15(13(3)16)14-6-11-20-12-14/h6,11-13,15H,4-5,7-10,16H2,1-3H3. The second kappa shape index (κ2) is 10.3. The van der Waals surface area contributed by atoms with E-state index in [1.807, 2.05) is 13.8 Å². The smallest absolute Gasteiger partial charge is 0.0593 e. The van der Waals surface area contributed by atoms with Gasteiger partial charge in [0.1, 0.15) is 0 Å². The van der Waals surface area contributed by atoms with E-state index in [0.29, 0.717) is 0 Å². The minimum absolute atomic E-state index is 0.0767. The highest BCUT2D eigenvalue weighted by Gasteiger charge is 2.24. The number of hydrogen-bond donors (Lipinski definition) is 1. The quantitative estimate of drug-likeness (QED) is 0.638. The van der Waals surface area contributed by atoms with Gasteiger partial charge in [-0.1, -0.05) is 0 Å². The molecular weight excluding hydrogens is 272 g/mol. The molecule has 2 unspecified atom stereocenters.